The molecule has 0 bridgehead atoms. The van der Waals surface area contributed by atoms with Gasteiger partial charge in [0.25, 0.3) is 0 Å². The molecule has 1 heterocycles. The molecule has 3 heteroatoms. The van der Waals surface area contributed by atoms with Gasteiger partial charge in [0.05, 0.1) is 0 Å². The molecule has 0 aliphatic carbocycles. The maximum absolute atomic E-state index is 12.9. The Balaban J connectivity index is 2.05. The second kappa shape index (κ2) is 3.86. The topological polar surface area (TPSA) is 29.3 Å². The van der Waals surface area contributed by atoms with E-state index >= 15 is 0 Å². The highest BCUT2D eigenvalue weighted by atomic mass is 19.1. The summed E-state index contributed by atoms with van der Waals surface area (Å²) in [6.45, 7) is 1.62. The summed E-state index contributed by atoms with van der Waals surface area (Å²) < 4.78 is 12.9. The van der Waals surface area contributed by atoms with Crippen LogP contribution in [-0.2, 0) is 0 Å². The highest BCUT2D eigenvalue weighted by Crippen LogP contribution is 2.21. The fourth-order valence-electron chi connectivity index (χ4n) is 1.79. The molecule has 76 valence electrons. The van der Waals surface area contributed by atoms with E-state index in [1.807, 2.05) is 24.3 Å². The van der Waals surface area contributed by atoms with E-state index < -0.39 is 6.17 Å². The number of nitrogens with zero attached hydrogens (tertiary/aromatic N) is 1. The number of nitrogens with two attached hydrogens (primary N) is 1. The van der Waals surface area contributed by atoms with Crippen molar-refractivity contribution in [1.29, 1.82) is 0 Å². The van der Waals surface area contributed by atoms with Crippen LogP contribution < -0.4 is 10.6 Å². The van der Waals surface area contributed by atoms with Gasteiger partial charge in [0.2, 0.25) is 0 Å². The predicted molar refractivity (Wildman–Crippen MR) is 57.2 cm³/mol. The number of hydrogen-bond acceptors (Lipinski definition) is 2. The van der Waals surface area contributed by atoms with Gasteiger partial charge >= 0.3 is 0 Å². The molecular formula is C11H15FN2. The second-order valence-electron chi connectivity index (χ2n) is 3.75. The summed E-state index contributed by atoms with van der Waals surface area (Å²) in [7, 11) is 0. The van der Waals surface area contributed by atoms with E-state index in [1.165, 1.54) is 0 Å². The van der Waals surface area contributed by atoms with Crippen LogP contribution in [0.3, 0.4) is 0 Å². The Morgan fingerprint density at radius 2 is 1.71 bits per heavy atom. The van der Waals surface area contributed by atoms with Crippen LogP contribution in [0.25, 0.3) is 0 Å². The third-order valence-electron chi connectivity index (χ3n) is 2.68. The fourth-order valence-corrected chi connectivity index (χ4v) is 1.79. The van der Waals surface area contributed by atoms with E-state index in [2.05, 4.69) is 4.90 Å². The Labute approximate surface area is 83.5 Å². The smallest absolute Gasteiger partial charge is 0.103 e. The Morgan fingerprint density at radius 3 is 2.29 bits per heavy atom. The van der Waals surface area contributed by atoms with Gasteiger partial charge in [0.1, 0.15) is 6.17 Å². The zero-order valence-electron chi connectivity index (χ0n) is 8.12. The van der Waals surface area contributed by atoms with E-state index in [9.17, 15) is 4.39 Å². The average Bonchev–Trinajstić information content (AvgIpc) is 2.21. The lowest BCUT2D eigenvalue weighted by Crippen LogP contribution is -2.34. The van der Waals surface area contributed by atoms with E-state index in [4.69, 9.17) is 5.73 Å². The minimum atomic E-state index is -0.611. The number of nitrogen functional groups attached to an aromatic ring is 1. The molecule has 2 N–H and O–H groups in total. The van der Waals surface area contributed by atoms with Gasteiger partial charge in [-0.05, 0) is 37.1 Å². The van der Waals surface area contributed by atoms with E-state index in [-0.39, 0.29) is 0 Å². The standard InChI is InChI=1S/C11H15FN2/c12-9-5-7-14(8-6-9)11-3-1-10(13)2-4-11/h1-4,9H,5-8,13H2. The van der Waals surface area contributed by atoms with Gasteiger partial charge < -0.3 is 10.6 Å². The lowest BCUT2D eigenvalue weighted by Gasteiger charge is -2.30. The molecule has 0 amide bonds. The van der Waals surface area contributed by atoms with Crippen LogP contribution in [-0.4, -0.2) is 19.3 Å². The quantitative estimate of drug-likeness (QED) is 0.694. The number of rotatable bonds is 1. The number of halogens is 1. The minimum absolute atomic E-state index is 0.611. The van der Waals surface area contributed by atoms with Crippen molar-refractivity contribution in [2.75, 3.05) is 23.7 Å². The van der Waals surface area contributed by atoms with E-state index in [0.29, 0.717) is 12.8 Å². The largest absolute Gasteiger partial charge is 0.399 e. The molecule has 0 saturated carbocycles. The summed E-state index contributed by atoms with van der Waals surface area (Å²) in [6, 6.07) is 7.76. The molecule has 0 atom stereocenters. The van der Waals surface area contributed by atoms with Crippen molar-refractivity contribution in [3.8, 4) is 0 Å². The first-order valence-electron chi connectivity index (χ1n) is 5.00. The maximum atomic E-state index is 12.9. The molecule has 1 fully saturated rings. The molecule has 1 saturated heterocycles. The molecule has 0 unspecified atom stereocenters. The third-order valence-corrected chi connectivity index (χ3v) is 2.68. The van der Waals surface area contributed by atoms with Crippen LogP contribution >= 0.6 is 0 Å². The molecule has 1 aromatic carbocycles. The zero-order chi connectivity index (χ0) is 9.97. The van der Waals surface area contributed by atoms with Crippen molar-refractivity contribution in [2.45, 2.75) is 19.0 Å². The second-order valence-corrected chi connectivity index (χ2v) is 3.75. The molecule has 1 aliphatic rings. The van der Waals surface area contributed by atoms with Gasteiger partial charge in [0, 0.05) is 24.5 Å². The average molecular weight is 194 g/mol. The highest BCUT2D eigenvalue weighted by molar-refractivity contribution is 5.53. The van der Waals surface area contributed by atoms with Crippen LogP contribution in [0.15, 0.2) is 24.3 Å². The van der Waals surface area contributed by atoms with Gasteiger partial charge in [-0.25, -0.2) is 4.39 Å². The van der Waals surface area contributed by atoms with Crippen molar-refractivity contribution in [1.82, 2.24) is 0 Å². The SMILES string of the molecule is Nc1ccc(N2CCC(F)CC2)cc1. The van der Waals surface area contributed by atoms with Crippen molar-refractivity contribution in [3.05, 3.63) is 24.3 Å². The van der Waals surface area contributed by atoms with E-state index in [1.54, 1.807) is 0 Å². The summed E-state index contributed by atoms with van der Waals surface area (Å²) in [5, 5.41) is 0. The van der Waals surface area contributed by atoms with Crippen LogP contribution in [0.1, 0.15) is 12.8 Å². The van der Waals surface area contributed by atoms with Gasteiger partial charge in [-0.3, -0.25) is 0 Å². The molecule has 0 spiro atoms. The normalized spacial score (nSPS) is 18.5. The van der Waals surface area contributed by atoms with Crippen LogP contribution in [0.2, 0.25) is 0 Å². The van der Waals surface area contributed by atoms with Crippen LogP contribution in [0.5, 0.6) is 0 Å². The van der Waals surface area contributed by atoms with Crippen molar-refractivity contribution >= 4 is 11.4 Å². The Bertz CT molecular complexity index is 289. The number of piperidine rings is 1. The molecule has 14 heavy (non-hydrogen) atoms. The predicted octanol–water partition coefficient (Wildman–Crippen LogP) is 2.21. The Morgan fingerprint density at radius 1 is 1.14 bits per heavy atom. The monoisotopic (exact) mass is 194 g/mol. The number of hydrogen-bond donors (Lipinski definition) is 1. The summed E-state index contributed by atoms with van der Waals surface area (Å²) in [6.07, 6.45) is 0.675. The summed E-state index contributed by atoms with van der Waals surface area (Å²) in [5.41, 5.74) is 7.52. The Kier molecular flexibility index (Phi) is 2.57. The number of benzene rings is 1. The Hall–Kier alpha value is -1.25. The van der Waals surface area contributed by atoms with Crippen LogP contribution in [0, 0.1) is 0 Å². The molecule has 1 aromatic rings. The molecule has 0 aromatic heterocycles. The summed E-state index contributed by atoms with van der Waals surface area (Å²) >= 11 is 0. The van der Waals surface area contributed by atoms with Crippen LogP contribution in [0.4, 0.5) is 15.8 Å². The number of alkyl halides is 1. The number of anilines is 2. The summed E-state index contributed by atoms with van der Waals surface area (Å²) in [5.74, 6) is 0. The minimum Gasteiger partial charge on any atom is -0.399 e. The molecule has 0 radical (unpaired) electrons. The lowest BCUT2D eigenvalue weighted by molar-refractivity contribution is 0.277. The maximum Gasteiger partial charge on any atom is 0.103 e. The van der Waals surface area contributed by atoms with E-state index in [0.717, 1.165) is 24.5 Å². The summed E-state index contributed by atoms with van der Waals surface area (Å²) in [4.78, 5) is 2.20. The zero-order valence-corrected chi connectivity index (χ0v) is 8.12. The first-order valence-corrected chi connectivity index (χ1v) is 5.00. The molecule has 1 aliphatic heterocycles. The fraction of sp³-hybridized carbons (Fsp3) is 0.455. The van der Waals surface area contributed by atoms with Crippen molar-refractivity contribution in [3.63, 3.8) is 0 Å². The first kappa shape index (κ1) is 9.31. The highest BCUT2D eigenvalue weighted by Gasteiger charge is 2.18. The molecule has 2 nitrogen and oxygen atoms in total. The molecule has 2 rings (SSSR count). The lowest BCUT2D eigenvalue weighted by atomic mass is 10.1. The van der Waals surface area contributed by atoms with Gasteiger partial charge in [-0.2, -0.15) is 0 Å². The van der Waals surface area contributed by atoms with Gasteiger partial charge in [-0.1, -0.05) is 0 Å². The van der Waals surface area contributed by atoms with Crippen molar-refractivity contribution in [2.24, 2.45) is 0 Å². The van der Waals surface area contributed by atoms with Gasteiger partial charge in [0.15, 0.2) is 0 Å². The first-order chi connectivity index (χ1) is 6.75. The van der Waals surface area contributed by atoms with Crippen molar-refractivity contribution < 1.29 is 4.39 Å². The van der Waals surface area contributed by atoms with Gasteiger partial charge in [-0.15, -0.1) is 0 Å². The molecular weight excluding hydrogens is 179 g/mol. The third kappa shape index (κ3) is 1.97.